The van der Waals surface area contributed by atoms with Crippen LogP contribution in [-0.2, 0) is 0 Å². The summed E-state index contributed by atoms with van der Waals surface area (Å²) >= 11 is 5.52. The summed E-state index contributed by atoms with van der Waals surface area (Å²) in [6, 6.07) is 15.4. The number of rotatable bonds is 3. The Morgan fingerprint density at radius 2 is 1.88 bits per heavy atom. The Morgan fingerprint density at radius 3 is 2.62 bits per heavy atom. The molecule has 0 aliphatic heterocycles. The lowest BCUT2D eigenvalue weighted by atomic mass is 9.89. The van der Waals surface area contributed by atoms with E-state index in [4.69, 9.17) is 21.4 Å². The Kier molecular flexibility index (Phi) is 4.27. The van der Waals surface area contributed by atoms with E-state index in [2.05, 4.69) is 0 Å². The number of hydrogen-bond acceptors (Lipinski definition) is 4. The normalized spacial score (nSPS) is 13.7. The molecule has 3 nitrogen and oxygen atoms in total. The van der Waals surface area contributed by atoms with E-state index in [0.717, 1.165) is 27.0 Å². The van der Waals surface area contributed by atoms with Crippen LogP contribution in [0.4, 0.5) is 0 Å². The quantitative estimate of drug-likeness (QED) is 0.476. The van der Waals surface area contributed by atoms with Crippen molar-refractivity contribution >= 4 is 33.6 Å². The number of allylic oxidation sites excluding steroid dienone is 4. The molecule has 128 valence electrons. The Hall–Kier alpha value is -2.98. The van der Waals surface area contributed by atoms with Crippen molar-refractivity contribution in [3.63, 3.8) is 0 Å². The van der Waals surface area contributed by atoms with E-state index < -0.39 is 5.63 Å². The minimum absolute atomic E-state index is 0.395. The molecule has 1 aromatic heterocycles. The van der Waals surface area contributed by atoms with Crippen molar-refractivity contribution in [3.8, 4) is 16.9 Å². The minimum atomic E-state index is -0.395. The molecule has 4 heteroatoms. The summed E-state index contributed by atoms with van der Waals surface area (Å²) in [5, 5.41) is 0.852. The van der Waals surface area contributed by atoms with Crippen LogP contribution < -0.4 is 10.4 Å². The third-order valence-electron chi connectivity index (χ3n) is 4.45. The number of hydrogen-bond donors (Lipinski definition) is 0. The minimum Gasteiger partial charge on any atom is -0.497 e. The smallest absolute Gasteiger partial charge is 0.344 e. The molecule has 4 rings (SSSR count). The maximum absolute atomic E-state index is 12.9. The van der Waals surface area contributed by atoms with Crippen LogP contribution in [0.5, 0.6) is 5.75 Å². The molecule has 0 bridgehead atoms. The molecule has 0 unspecified atom stereocenters. The Bertz CT molecular complexity index is 1120. The summed E-state index contributed by atoms with van der Waals surface area (Å²) in [7, 11) is 1.59. The zero-order chi connectivity index (χ0) is 18.1. The third kappa shape index (κ3) is 2.78. The highest BCUT2D eigenvalue weighted by atomic mass is 32.1. The van der Waals surface area contributed by atoms with E-state index in [1.165, 1.54) is 0 Å². The molecule has 3 aromatic rings. The fraction of sp³-hybridized carbons (Fsp3) is 0.0909. The van der Waals surface area contributed by atoms with Crippen molar-refractivity contribution in [3.05, 3.63) is 82.7 Å². The van der Waals surface area contributed by atoms with Crippen molar-refractivity contribution in [1.82, 2.24) is 0 Å². The fourth-order valence-corrected chi connectivity index (χ4v) is 3.49. The molecule has 0 fully saturated rings. The van der Waals surface area contributed by atoms with Crippen LogP contribution in [0.25, 0.3) is 27.7 Å². The molecule has 26 heavy (non-hydrogen) atoms. The topological polar surface area (TPSA) is 39.4 Å². The van der Waals surface area contributed by atoms with Gasteiger partial charge in [0.1, 0.15) is 11.3 Å². The first-order valence-electron chi connectivity index (χ1n) is 8.29. The predicted octanol–water partition coefficient (Wildman–Crippen LogP) is 5.18. The second-order valence-electron chi connectivity index (χ2n) is 6.00. The average molecular weight is 360 g/mol. The van der Waals surface area contributed by atoms with Crippen molar-refractivity contribution in [2.45, 2.75) is 6.42 Å². The van der Waals surface area contributed by atoms with Crippen LogP contribution in [0.1, 0.15) is 12.0 Å². The molecule has 1 heterocycles. The summed E-state index contributed by atoms with van der Waals surface area (Å²) in [6.45, 7) is 0. The average Bonchev–Trinajstić information content (AvgIpc) is 2.68. The van der Waals surface area contributed by atoms with Gasteiger partial charge in [0.15, 0.2) is 0 Å². The highest BCUT2D eigenvalue weighted by molar-refractivity contribution is 7.81. The first-order chi connectivity index (χ1) is 12.7. The van der Waals surface area contributed by atoms with Gasteiger partial charge in [-0.1, -0.05) is 60.8 Å². The van der Waals surface area contributed by atoms with Gasteiger partial charge in [-0.05, 0) is 17.7 Å². The van der Waals surface area contributed by atoms with Crippen molar-refractivity contribution < 1.29 is 9.15 Å². The molecule has 0 spiro atoms. The fourth-order valence-electron chi connectivity index (χ4n) is 3.22. The van der Waals surface area contributed by atoms with Gasteiger partial charge < -0.3 is 9.15 Å². The summed E-state index contributed by atoms with van der Waals surface area (Å²) in [4.78, 5) is 13.7. The van der Waals surface area contributed by atoms with Gasteiger partial charge in [0.25, 0.3) is 0 Å². The monoisotopic (exact) mass is 360 g/mol. The molecule has 0 radical (unpaired) electrons. The standard InChI is InChI=1S/C22H16O3S/c1-24-15-11-12-16-18(13-15)25-22(23)21(17-9-5-6-10-19(17)26)20(16)14-7-3-2-4-8-14/h2-9,11-13H,10H2,1H3. The first kappa shape index (κ1) is 16.5. The molecule has 2 aromatic carbocycles. The number of ether oxygens (including phenoxy) is 1. The van der Waals surface area contributed by atoms with E-state index in [-0.39, 0.29) is 0 Å². The summed E-state index contributed by atoms with van der Waals surface area (Å²) in [6.07, 6.45) is 6.45. The van der Waals surface area contributed by atoms with Gasteiger partial charge in [-0.3, -0.25) is 0 Å². The first-order valence-corrected chi connectivity index (χ1v) is 8.70. The largest absolute Gasteiger partial charge is 0.497 e. The Balaban J connectivity index is 2.13. The van der Waals surface area contributed by atoms with Crippen molar-refractivity contribution in [1.29, 1.82) is 0 Å². The van der Waals surface area contributed by atoms with Gasteiger partial charge in [-0.25, -0.2) is 4.79 Å². The summed E-state index contributed by atoms with van der Waals surface area (Å²) in [5.74, 6) is 0.641. The third-order valence-corrected chi connectivity index (χ3v) is 4.84. The lowest BCUT2D eigenvalue weighted by Gasteiger charge is -2.16. The maximum Gasteiger partial charge on any atom is 0.344 e. The zero-order valence-electron chi connectivity index (χ0n) is 14.2. The van der Waals surface area contributed by atoms with E-state index >= 15 is 0 Å². The van der Waals surface area contributed by atoms with Gasteiger partial charge in [0.05, 0.1) is 12.7 Å². The number of benzene rings is 2. The molecule has 1 aliphatic rings. The predicted molar refractivity (Wildman–Crippen MR) is 109 cm³/mol. The summed E-state index contributed by atoms with van der Waals surface area (Å²) in [5.41, 5.74) is 3.16. The molecular weight excluding hydrogens is 344 g/mol. The zero-order valence-corrected chi connectivity index (χ0v) is 15.0. The van der Waals surface area contributed by atoms with Gasteiger partial charge in [-0.15, -0.1) is 0 Å². The van der Waals surface area contributed by atoms with Gasteiger partial charge >= 0.3 is 5.63 Å². The van der Waals surface area contributed by atoms with Crippen molar-refractivity contribution in [2.24, 2.45) is 0 Å². The van der Waals surface area contributed by atoms with Gasteiger partial charge in [0, 0.05) is 33.9 Å². The SMILES string of the molecule is COc1ccc2c(-c3ccccc3)c(C3=CC=CCC3=S)c(=O)oc2c1. The van der Waals surface area contributed by atoms with Crippen LogP contribution in [-0.4, -0.2) is 12.0 Å². The Morgan fingerprint density at radius 1 is 1.08 bits per heavy atom. The highest BCUT2D eigenvalue weighted by Gasteiger charge is 2.22. The van der Waals surface area contributed by atoms with E-state index in [1.807, 2.05) is 60.7 Å². The summed E-state index contributed by atoms with van der Waals surface area (Å²) < 4.78 is 10.9. The second kappa shape index (κ2) is 6.73. The van der Waals surface area contributed by atoms with Crippen LogP contribution in [0.2, 0.25) is 0 Å². The van der Waals surface area contributed by atoms with Crippen LogP contribution in [0.3, 0.4) is 0 Å². The molecule has 0 saturated heterocycles. The Labute approximate surface area is 156 Å². The molecule has 0 saturated carbocycles. The lowest BCUT2D eigenvalue weighted by molar-refractivity contribution is 0.414. The maximum atomic E-state index is 12.9. The molecule has 0 atom stereocenters. The number of methoxy groups -OCH3 is 1. The molecule has 0 amide bonds. The van der Waals surface area contributed by atoms with Crippen molar-refractivity contribution in [2.75, 3.05) is 7.11 Å². The molecule has 0 N–H and O–H groups in total. The van der Waals surface area contributed by atoms with Crippen LogP contribution in [0.15, 0.2) is 76.0 Å². The van der Waals surface area contributed by atoms with Gasteiger partial charge in [0.2, 0.25) is 0 Å². The van der Waals surface area contributed by atoms with E-state index in [9.17, 15) is 4.79 Å². The number of thiocarbonyl (C=S) groups is 1. The van der Waals surface area contributed by atoms with Gasteiger partial charge in [-0.2, -0.15) is 0 Å². The second-order valence-corrected chi connectivity index (χ2v) is 6.50. The van der Waals surface area contributed by atoms with E-state index in [0.29, 0.717) is 23.3 Å². The highest BCUT2D eigenvalue weighted by Crippen LogP contribution is 2.36. The molecular formula is C22H16O3S. The lowest BCUT2D eigenvalue weighted by Crippen LogP contribution is -2.14. The van der Waals surface area contributed by atoms with E-state index in [1.54, 1.807) is 13.2 Å². The van der Waals surface area contributed by atoms with Crippen LogP contribution >= 0.6 is 12.2 Å². The van der Waals surface area contributed by atoms with Crippen LogP contribution in [0, 0.1) is 0 Å². The number of fused-ring (bicyclic) bond motifs is 1. The molecule has 1 aliphatic carbocycles.